The van der Waals surface area contributed by atoms with Gasteiger partial charge in [0.2, 0.25) is 9.57 Å². The first-order valence-electron chi connectivity index (χ1n) is 2.08. The summed E-state index contributed by atoms with van der Waals surface area (Å²) in [6.07, 6.45) is 0. The van der Waals surface area contributed by atoms with Crippen molar-refractivity contribution in [3.63, 3.8) is 0 Å². The van der Waals surface area contributed by atoms with E-state index in [2.05, 4.69) is 8.23 Å². The first-order chi connectivity index (χ1) is 4.06. The second-order valence-electron chi connectivity index (χ2n) is 1.31. The van der Waals surface area contributed by atoms with Crippen molar-refractivity contribution in [1.82, 2.24) is 0 Å². The lowest BCUT2D eigenvalue weighted by molar-refractivity contribution is 0.477. The summed E-state index contributed by atoms with van der Waals surface area (Å²) >= 11 is 0. The highest BCUT2D eigenvalue weighted by atomic mass is 32.4. The third-order valence-electron chi connectivity index (χ3n) is 0.433. The Balaban J connectivity index is 3.30. The molecule has 0 heterocycles. The van der Waals surface area contributed by atoms with Crippen LogP contribution in [0.25, 0.3) is 0 Å². The summed E-state index contributed by atoms with van der Waals surface area (Å²) in [4.78, 5) is 0. The molecule has 0 aromatic heterocycles. The lowest BCUT2D eigenvalue weighted by Crippen LogP contribution is -2.15. The number of hydrogen-bond acceptors (Lipinski definition) is 4. The van der Waals surface area contributed by atoms with Gasteiger partial charge in [0, 0.05) is 0 Å². The maximum atomic E-state index is 9.98. The summed E-state index contributed by atoms with van der Waals surface area (Å²) in [5, 5.41) is 0. The average molecular weight is 204 g/mol. The zero-order valence-electron chi connectivity index (χ0n) is 4.90. The topological polar surface area (TPSA) is 72.8 Å². The molecule has 0 saturated heterocycles. The molecule has 1 N–H and O–H groups in total. The summed E-state index contributed by atoms with van der Waals surface area (Å²) in [5.74, 6) is 0. The Kier molecular flexibility index (Phi) is 4.55. The summed E-state index contributed by atoms with van der Waals surface area (Å²) < 4.78 is 37.3. The van der Waals surface area contributed by atoms with Crippen LogP contribution >= 0.6 is 0 Å². The van der Waals surface area contributed by atoms with Crippen molar-refractivity contribution in [1.29, 1.82) is 0 Å². The minimum Gasteiger partial charge on any atom is -0.449 e. The van der Waals surface area contributed by atoms with Crippen molar-refractivity contribution in [2.75, 3.05) is 0 Å². The third kappa shape index (κ3) is 8.48. The van der Waals surface area contributed by atoms with Gasteiger partial charge in [-0.2, -0.15) is 0 Å². The molecule has 0 aromatic rings. The van der Waals surface area contributed by atoms with Crippen molar-refractivity contribution in [3.8, 4) is 0 Å². The monoisotopic (exact) mass is 204 g/mol. The largest absolute Gasteiger partial charge is 0.449 e. The number of hydrogen-bond donors (Lipinski definition) is 1. The fraction of sp³-hybridized carbons (Fsp3) is 0. The fourth-order valence-electron chi connectivity index (χ4n) is 0.223. The van der Waals surface area contributed by atoms with Crippen molar-refractivity contribution in [3.05, 3.63) is 0 Å². The Morgan fingerprint density at radius 2 is 2.11 bits per heavy atom. The molecule has 56 valence electrons. The van der Waals surface area contributed by atoms with Crippen LogP contribution in [-0.4, -0.2) is 42.4 Å². The highest BCUT2D eigenvalue weighted by Gasteiger charge is 2.04. The van der Waals surface area contributed by atoms with Crippen LogP contribution in [0, 0.1) is 0 Å². The standard InChI is InChI=1S/H8O5SSi3/c1-6(2,3)9-5-8-4-7/h8-9H2,7H3,(H,1,2,3). The third-order valence-corrected chi connectivity index (χ3v) is 5.40. The molecule has 0 unspecified atom stereocenters. The fourth-order valence-corrected chi connectivity index (χ4v) is 6.01. The van der Waals surface area contributed by atoms with Gasteiger partial charge in [-0.1, -0.05) is 0 Å². The molecule has 0 fully saturated rings. The van der Waals surface area contributed by atoms with Crippen LogP contribution in [0.3, 0.4) is 0 Å². The van der Waals surface area contributed by atoms with E-state index in [0.29, 0.717) is 10.5 Å². The molecule has 5 nitrogen and oxygen atoms in total. The molecule has 0 aliphatic heterocycles. The van der Waals surface area contributed by atoms with Gasteiger partial charge in [0.05, 0.1) is 0 Å². The minimum absolute atomic E-state index is 0.573. The van der Waals surface area contributed by atoms with Crippen LogP contribution < -0.4 is 0 Å². The molecular weight excluding hydrogens is 196 g/mol. The molecule has 0 aromatic carbocycles. The first-order valence-corrected chi connectivity index (χ1v) is 7.97. The lowest BCUT2D eigenvalue weighted by Gasteiger charge is -1.96. The molecular formula is H8O5SSi3. The van der Waals surface area contributed by atoms with Crippen LogP contribution in [-0.2, 0) is 17.8 Å². The van der Waals surface area contributed by atoms with Gasteiger partial charge < -0.3 is 8.23 Å². The van der Waals surface area contributed by atoms with E-state index in [4.69, 9.17) is 4.55 Å². The molecule has 9 heavy (non-hydrogen) atoms. The maximum absolute atomic E-state index is 9.98. The van der Waals surface area contributed by atoms with E-state index in [0.717, 1.165) is 0 Å². The van der Waals surface area contributed by atoms with Gasteiger partial charge >= 0.3 is 8.91 Å². The zero-order valence-corrected chi connectivity index (χ0v) is 10.5. The van der Waals surface area contributed by atoms with Gasteiger partial charge in [-0.3, -0.25) is 4.55 Å². The first kappa shape index (κ1) is 9.48. The molecule has 0 radical (unpaired) electrons. The van der Waals surface area contributed by atoms with Crippen molar-refractivity contribution in [2.24, 2.45) is 0 Å². The Hall–Kier alpha value is 0.481. The van der Waals surface area contributed by atoms with E-state index in [1.165, 1.54) is 0 Å². The summed E-state index contributed by atoms with van der Waals surface area (Å²) in [5.41, 5.74) is 0. The zero-order chi connectivity index (χ0) is 7.33. The van der Waals surface area contributed by atoms with Gasteiger partial charge in [-0.15, -0.1) is 0 Å². The molecule has 0 atom stereocenters. The van der Waals surface area contributed by atoms with Gasteiger partial charge in [-0.05, 0) is 0 Å². The van der Waals surface area contributed by atoms with Crippen molar-refractivity contribution >= 4 is 39.0 Å². The molecule has 0 bridgehead atoms. The van der Waals surface area contributed by atoms with Crippen LogP contribution in [0.15, 0.2) is 0 Å². The van der Waals surface area contributed by atoms with E-state index < -0.39 is 28.5 Å². The second-order valence-corrected chi connectivity index (χ2v) is 9.78. The highest BCUT2D eigenvalue weighted by Crippen LogP contribution is 1.77. The molecule has 0 aliphatic rings. The molecule has 0 spiro atoms. The lowest BCUT2D eigenvalue weighted by atomic mass is 15.8. The average Bonchev–Trinajstić information content (AvgIpc) is 1.63. The van der Waals surface area contributed by atoms with E-state index in [1.807, 2.05) is 0 Å². The molecule has 0 amide bonds. The summed E-state index contributed by atoms with van der Waals surface area (Å²) in [7, 11) is -6.09. The van der Waals surface area contributed by atoms with Crippen LogP contribution in [0.4, 0.5) is 0 Å². The normalized spacial score (nSPS) is 14.8. The van der Waals surface area contributed by atoms with Gasteiger partial charge in [0.25, 0.3) is 10.0 Å². The van der Waals surface area contributed by atoms with Gasteiger partial charge in [0.15, 0.2) is 0 Å². The van der Waals surface area contributed by atoms with E-state index >= 15 is 0 Å². The molecule has 0 saturated carbocycles. The maximum Gasteiger partial charge on any atom is 0.323 e. The van der Waals surface area contributed by atoms with Crippen molar-refractivity contribution in [2.45, 2.75) is 0 Å². The molecule has 0 rings (SSSR count). The molecule has 0 aliphatic carbocycles. The van der Waals surface area contributed by atoms with E-state index in [9.17, 15) is 8.42 Å². The van der Waals surface area contributed by atoms with Gasteiger partial charge in [0.1, 0.15) is 10.5 Å². The number of rotatable bonds is 4. The highest BCUT2D eigenvalue weighted by molar-refractivity contribution is 8.10. The van der Waals surface area contributed by atoms with Crippen LogP contribution in [0.5, 0.6) is 0 Å². The SMILES string of the molecule is O=S(=O)(O)[SiH2]O[SiH2]O[SiH3]. The Labute approximate surface area is 60.7 Å². The summed E-state index contributed by atoms with van der Waals surface area (Å²) in [6, 6.07) is 0. The molecule has 9 heteroatoms. The smallest absolute Gasteiger partial charge is 0.323 e. The predicted molar refractivity (Wildman–Crippen MR) is 40.7 cm³/mol. The second kappa shape index (κ2) is 4.32. The summed E-state index contributed by atoms with van der Waals surface area (Å²) in [6.45, 7) is 0. The predicted octanol–water partition coefficient (Wildman–Crippen LogP) is -3.81. The van der Waals surface area contributed by atoms with E-state index in [-0.39, 0.29) is 0 Å². The van der Waals surface area contributed by atoms with Crippen molar-refractivity contribution < 1.29 is 21.2 Å². The quantitative estimate of drug-likeness (QED) is 0.289. The Morgan fingerprint density at radius 1 is 1.56 bits per heavy atom. The van der Waals surface area contributed by atoms with E-state index in [1.54, 1.807) is 0 Å². The van der Waals surface area contributed by atoms with Crippen LogP contribution in [0.2, 0.25) is 0 Å². The minimum atomic E-state index is -3.81. The van der Waals surface area contributed by atoms with Crippen LogP contribution in [0.1, 0.15) is 0 Å². The Morgan fingerprint density at radius 3 is 2.44 bits per heavy atom. The van der Waals surface area contributed by atoms with Gasteiger partial charge in [-0.25, -0.2) is 8.42 Å². The Bertz CT molecular complexity index is 148.